The molecule has 1 aromatic rings. The van der Waals surface area contributed by atoms with Gasteiger partial charge in [0.15, 0.2) is 0 Å². The first-order valence-corrected chi connectivity index (χ1v) is 8.73. The summed E-state index contributed by atoms with van der Waals surface area (Å²) in [7, 11) is 0. The lowest BCUT2D eigenvalue weighted by molar-refractivity contribution is 0.126. The molecule has 0 radical (unpaired) electrons. The Kier molecular flexibility index (Phi) is 6.72. The zero-order chi connectivity index (χ0) is 15.1. The van der Waals surface area contributed by atoms with Crippen molar-refractivity contribution in [1.82, 2.24) is 5.32 Å². The molecule has 1 aliphatic carbocycles. The van der Waals surface area contributed by atoms with Gasteiger partial charge in [-0.05, 0) is 37.3 Å². The number of aliphatic hydroxyl groups excluding tert-OH is 1. The van der Waals surface area contributed by atoms with Gasteiger partial charge in [0.2, 0.25) is 0 Å². The number of benzene rings is 1. The molecule has 0 bridgehead atoms. The second-order valence-electron chi connectivity index (χ2n) is 6.54. The SMILES string of the molecule is CCc1ccc(C(O)C(C)NC2CCCCCCC2)cc1. The maximum absolute atomic E-state index is 10.5. The maximum Gasteiger partial charge on any atom is 0.0940 e. The van der Waals surface area contributed by atoms with E-state index in [-0.39, 0.29) is 6.04 Å². The predicted octanol–water partition coefficient (Wildman–Crippen LogP) is 4.37. The van der Waals surface area contributed by atoms with Gasteiger partial charge in [0.05, 0.1) is 6.10 Å². The largest absolute Gasteiger partial charge is 0.387 e. The van der Waals surface area contributed by atoms with Crippen LogP contribution in [0.3, 0.4) is 0 Å². The van der Waals surface area contributed by atoms with Crippen LogP contribution in [0.15, 0.2) is 24.3 Å². The first-order valence-electron chi connectivity index (χ1n) is 8.73. The minimum absolute atomic E-state index is 0.113. The third-order valence-electron chi connectivity index (χ3n) is 4.81. The van der Waals surface area contributed by atoms with Gasteiger partial charge in [0, 0.05) is 12.1 Å². The van der Waals surface area contributed by atoms with Crippen molar-refractivity contribution in [1.29, 1.82) is 0 Å². The van der Waals surface area contributed by atoms with Crippen molar-refractivity contribution in [2.75, 3.05) is 0 Å². The predicted molar refractivity (Wildman–Crippen MR) is 89.5 cm³/mol. The molecule has 2 rings (SSSR count). The Balaban J connectivity index is 1.89. The third-order valence-corrected chi connectivity index (χ3v) is 4.81. The topological polar surface area (TPSA) is 32.3 Å². The second kappa shape index (κ2) is 8.55. The van der Waals surface area contributed by atoms with Crippen molar-refractivity contribution in [3.63, 3.8) is 0 Å². The molecule has 21 heavy (non-hydrogen) atoms. The Hall–Kier alpha value is -0.860. The van der Waals surface area contributed by atoms with Crippen LogP contribution in [0.2, 0.25) is 0 Å². The van der Waals surface area contributed by atoms with Crippen molar-refractivity contribution in [2.24, 2.45) is 0 Å². The summed E-state index contributed by atoms with van der Waals surface area (Å²) in [6.45, 7) is 4.27. The summed E-state index contributed by atoms with van der Waals surface area (Å²) in [5, 5.41) is 14.2. The molecule has 1 saturated carbocycles. The van der Waals surface area contributed by atoms with Crippen LogP contribution in [0.25, 0.3) is 0 Å². The molecule has 1 aliphatic rings. The minimum atomic E-state index is -0.415. The molecule has 2 N–H and O–H groups in total. The Morgan fingerprint density at radius 1 is 1.05 bits per heavy atom. The van der Waals surface area contributed by atoms with E-state index in [1.165, 1.54) is 50.5 Å². The van der Waals surface area contributed by atoms with E-state index in [1.54, 1.807) is 0 Å². The first kappa shape index (κ1) is 16.5. The van der Waals surface area contributed by atoms with Gasteiger partial charge in [0.1, 0.15) is 0 Å². The van der Waals surface area contributed by atoms with Crippen molar-refractivity contribution in [3.8, 4) is 0 Å². The Morgan fingerprint density at radius 2 is 1.62 bits per heavy atom. The molecule has 0 heterocycles. The average Bonchev–Trinajstić information content (AvgIpc) is 2.49. The van der Waals surface area contributed by atoms with Crippen molar-refractivity contribution >= 4 is 0 Å². The van der Waals surface area contributed by atoms with Gasteiger partial charge >= 0.3 is 0 Å². The molecule has 1 aromatic carbocycles. The van der Waals surface area contributed by atoms with Crippen LogP contribution in [0, 0.1) is 0 Å². The Bertz CT molecular complexity index is 393. The van der Waals surface area contributed by atoms with E-state index in [4.69, 9.17) is 0 Å². The lowest BCUT2D eigenvalue weighted by atomic mass is 9.95. The van der Waals surface area contributed by atoms with Crippen LogP contribution in [-0.4, -0.2) is 17.2 Å². The van der Waals surface area contributed by atoms with Gasteiger partial charge in [-0.25, -0.2) is 0 Å². The molecular weight excluding hydrogens is 258 g/mol. The van der Waals surface area contributed by atoms with E-state index in [0.717, 1.165) is 12.0 Å². The summed E-state index contributed by atoms with van der Waals surface area (Å²) in [5.41, 5.74) is 2.35. The molecule has 0 aliphatic heterocycles. The summed E-state index contributed by atoms with van der Waals surface area (Å²) >= 11 is 0. The van der Waals surface area contributed by atoms with E-state index >= 15 is 0 Å². The monoisotopic (exact) mass is 289 g/mol. The molecule has 0 amide bonds. The quantitative estimate of drug-likeness (QED) is 0.843. The van der Waals surface area contributed by atoms with Gasteiger partial charge < -0.3 is 10.4 Å². The van der Waals surface area contributed by atoms with Crippen LogP contribution >= 0.6 is 0 Å². The molecule has 0 aromatic heterocycles. The smallest absolute Gasteiger partial charge is 0.0940 e. The fourth-order valence-corrected chi connectivity index (χ4v) is 3.32. The highest BCUT2D eigenvalue weighted by atomic mass is 16.3. The summed E-state index contributed by atoms with van der Waals surface area (Å²) in [5.74, 6) is 0. The van der Waals surface area contributed by atoms with Crippen molar-refractivity contribution < 1.29 is 5.11 Å². The normalized spacial score (nSPS) is 20.5. The van der Waals surface area contributed by atoms with Crippen molar-refractivity contribution in [3.05, 3.63) is 35.4 Å². The molecule has 0 spiro atoms. The standard InChI is InChI=1S/C19H31NO/c1-3-16-11-13-17(14-12-16)19(21)15(2)20-18-9-7-5-4-6-8-10-18/h11-15,18-21H,3-10H2,1-2H3. The molecule has 1 fully saturated rings. The molecular formula is C19H31NO. The van der Waals surface area contributed by atoms with Crippen molar-refractivity contribution in [2.45, 2.75) is 83.4 Å². The van der Waals surface area contributed by atoms with Gasteiger partial charge in [-0.1, -0.05) is 63.3 Å². The molecule has 0 saturated heterocycles. The summed E-state index contributed by atoms with van der Waals surface area (Å²) in [6, 6.07) is 9.08. The zero-order valence-electron chi connectivity index (χ0n) is 13.6. The molecule has 2 unspecified atom stereocenters. The van der Waals surface area contributed by atoms with Crippen LogP contribution < -0.4 is 5.32 Å². The minimum Gasteiger partial charge on any atom is -0.387 e. The highest BCUT2D eigenvalue weighted by Gasteiger charge is 2.20. The van der Waals surface area contributed by atoms with Crippen LogP contribution in [0.4, 0.5) is 0 Å². The summed E-state index contributed by atoms with van der Waals surface area (Å²) in [4.78, 5) is 0. The highest BCUT2D eigenvalue weighted by molar-refractivity contribution is 5.24. The zero-order valence-corrected chi connectivity index (χ0v) is 13.6. The summed E-state index contributed by atoms with van der Waals surface area (Å²) < 4.78 is 0. The van der Waals surface area contributed by atoms with Gasteiger partial charge in [-0.15, -0.1) is 0 Å². The van der Waals surface area contributed by atoms with Crippen LogP contribution in [-0.2, 0) is 6.42 Å². The molecule has 2 atom stereocenters. The van der Waals surface area contributed by atoms with E-state index in [0.29, 0.717) is 6.04 Å². The number of hydrogen-bond acceptors (Lipinski definition) is 2. The lowest BCUT2D eigenvalue weighted by Crippen LogP contribution is -2.40. The number of rotatable bonds is 5. The van der Waals surface area contributed by atoms with Gasteiger partial charge in [-0.2, -0.15) is 0 Å². The number of aryl methyl sites for hydroxylation is 1. The molecule has 2 heteroatoms. The van der Waals surface area contributed by atoms with E-state index in [9.17, 15) is 5.11 Å². The summed E-state index contributed by atoms with van der Waals surface area (Å²) in [6.07, 6.45) is 9.93. The van der Waals surface area contributed by atoms with E-state index in [1.807, 2.05) is 0 Å². The third kappa shape index (κ3) is 5.12. The Morgan fingerprint density at radius 3 is 2.19 bits per heavy atom. The second-order valence-corrected chi connectivity index (χ2v) is 6.54. The number of aliphatic hydroxyl groups is 1. The van der Waals surface area contributed by atoms with E-state index in [2.05, 4.69) is 43.4 Å². The number of hydrogen-bond donors (Lipinski definition) is 2. The molecule has 118 valence electrons. The first-order chi connectivity index (χ1) is 10.2. The lowest BCUT2D eigenvalue weighted by Gasteiger charge is -2.28. The highest BCUT2D eigenvalue weighted by Crippen LogP contribution is 2.21. The fourth-order valence-electron chi connectivity index (χ4n) is 3.32. The fraction of sp³-hybridized carbons (Fsp3) is 0.684. The van der Waals surface area contributed by atoms with Crippen LogP contribution in [0.1, 0.15) is 76.0 Å². The average molecular weight is 289 g/mol. The molecule has 2 nitrogen and oxygen atoms in total. The maximum atomic E-state index is 10.5. The number of nitrogens with one attached hydrogen (secondary N) is 1. The Labute approximate surface area is 130 Å². The van der Waals surface area contributed by atoms with Gasteiger partial charge in [0.25, 0.3) is 0 Å². The van der Waals surface area contributed by atoms with Gasteiger partial charge in [-0.3, -0.25) is 0 Å². The van der Waals surface area contributed by atoms with E-state index < -0.39 is 6.10 Å². The van der Waals surface area contributed by atoms with Crippen LogP contribution in [0.5, 0.6) is 0 Å².